The standard InChI is InChI=1S/C16H15NO/c1-12-15(13-8-4-2-5-9-13)17-16(18-12)14-10-6-3-7-11-14/h2-12,15H,1H3/t12-,15+/m0/s1. The lowest BCUT2D eigenvalue weighted by atomic mass is 10.0. The Labute approximate surface area is 107 Å². The Bertz CT molecular complexity index is 548. The van der Waals surface area contributed by atoms with Crippen molar-refractivity contribution >= 4 is 5.90 Å². The van der Waals surface area contributed by atoms with Crippen molar-refractivity contribution in [3.63, 3.8) is 0 Å². The molecular weight excluding hydrogens is 222 g/mol. The molecule has 0 unspecified atom stereocenters. The molecule has 90 valence electrons. The number of benzene rings is 2. The normalized spacial score (nSPS) is 22.4. The van der Waals surface area contributed by atoms with E-state index in [-0.39, 0.29) is 12.1 Å². The van der Waals surface area contributed by atoms with Crippen LogP contribution in [0.25, 0.3) is 0 Å². The Morgan fingerprint density at radius 2 is 1.50 bits per heavy atom. The van der Waals surface area contributed by atoms with Gasteiger partial charge in [-0.05, 0) is 24.6 Å². The van der Waals surface area contributed by atoms with Gasteiger partial charge in [-0.3, -0.25) is 0 Å². The van der Waals surface area contributed by atoms with Gasteiger partial charge < -0.3 is 4.74 Å². The van der Waals surface area contributed by atoms with Crippen molar-refractivity contribution in [2.45, 2.75) is 19.1 Å². The predicted molar refractivity (Wildman–Crippen MR) is 72.7 cm³/mol. The maximum Gasteiger partial charge on any atom is 0.217 e. The van der Waals surface area contributed by atoms with E-state index in [2.05, 4.69) is 19.1 Å². The molecule has 1 aliphatic heterocycles. The predicted octanol–water partition coefficient (Wildman–Crippen LogP) is 3.59. The fourth-order valence-corrected chi connectivity index (χ4v) is 2.22. The second-order valence-corrected chi connectivity index (χ2v) is 4.48. The van der Waals surface area contributed by atoms with Gasteiger partial charge >= 0.3 is 0 Å². The lowest BCUT2D eigenvalue weighted by molar-refractivity contribution is 0.214. The smallest absolute Gasteiger partial charge is 0.217 e. The second kappa shape index (κ2) is 4.65. The van der Waals surface area contributed by atoms with Crippen LogP contribution in [0.1, 0.15) is 24.1 Å². The quantitative estimate of drug-likeness (QED) is 0.782. The maximum absolute atomic E-state index is 5.86. The second-order valence-electron chi connectivity index (χ2n) is 4.48. The van der Waals surface area contributed by atoms with Crippen molar-refractivity contribution in [1.82, 2.24) is 0 Å². The molecule has 0 spiro atoms. The van der Waals surface area contributed by atoms with Crippen LogP contribution < -0.4 is 0 Å². The molecule has 0 fully saturated rings. The lowest BCUT2D eigenvalue weighted by Crippen LogP contribution is -2.12. The van der Waals surface area contributed by atoms with Crippen LogP contribution in [0, 0.1) is 0 Å². The first kappa shape index (κ1) is 11.0. The first-order valence-corrected chi connectivity index (χ1v) is 6.19. The van der Waals surface area contributed by atoms with E-state index in [0.29, 0.717) is 0 Å². The van der Waals surface area contributed by atoms with Crippen LogP contribution in [-0.4, -0.2) is 12.0 Å². The Hall–Kier alpha value is -2.09. The Morgan fingerprint density at radius 3 is 2.17 bits per heavy atom. The summed E-state index contributed by atoms with van der Waals surface area (Å²) >= 11 is 0. The molecule has 0 N–H and O–H groups in total. The summed E-state index contributed by atoms with van der Waals surface area (Å²) in [6.07, 6.45) is 0.0857. The van der Waals surface area contributed by atoms with E-state index in [1.54, 1.807) is 0 Å². The number of aliphatic imine (C=N–C) groups is 1. The molecule has 2 atom stereocenters. The SMILES string of the molecule is C[C@@H]1OC(c2ccccc2)=N[C@H]1c1ccccc1. The van der Waals surface area contributed by atoms with E-state index in [4.69, 9.17) is 9.73 Å². The summed E-state index contributed by atoms with van der Waals surface area (Å²) in [4.78, 5) is 4.70. The molecule has 2 heteroatoms. The summed E-state index contributed by atoms with van der Waals surface area (Å²) in [5.74, 6) is 0.747. The number of ether oxygens (including phenoxy) is 1. The third-order valence-corrected chi connectivity index (χ3v) is 3.16. The third kappa shape index (κ3) is 2.02. The van der Waals surface area contributed by atoms with E-state index in [0.717, 1.165) is 11.5 Å². The molecule has 18 heavy (non-hydrogen) atoms. The van der Waals surface area contributed by atoms with Gasteiger partial charge in [0.1, 0.15) is 12.1 Å². The van der Waals surface area contributed by atoms with Gasteiger partial charge in [-0.1, -0.05) is 48.5 Å². The highest BCUT2D eigenvalue weighted by Crippen LogP contribution is 2.30. The van der Waals surface area contributed by atoms with Crippen LogP contribution in [0.4, 0.5) is 0 Å². The number of nitrogens with zero attached hydrogens (tertiary/aromatic N) is 1. The van der Waals surface area contributed by atoms with Crippen LogP contribution >= 0.6 is 0 Å². The zero-order chi connectivity index (χ0) is 12.4. The Morgan fingerprint density at radius 1 is 0.889 bits per heavy atom. The highest BCUT2D eigenvalue weighted by Gasteiger charge is 2.28. The van der Waals surface area contributed by atoms with Gasteiger partial charge in [0.2, 0.25) is 5.90 Å². The zero-order valence-corrected chi connectivity index (χ0v) is 10.3. The minimum Gasteiger partial charge on any atom is -0.472 e. The molecule has 3 rings (SSSR count). The average Bonchev–Trinajstić information content (AvgIpc) is 2.83. The van der Waals surface area contributed by atoms with Crippen molar-refractivity contribution in [3.8, 4) is 0 Å². The Kier molecular flexibility index (Phi) is 2.85. The monoisotopic (exact) mass is 237 g/mol. The van der Waals surface area contributed by atoms with E-state index in [1.165, 1.54) is 5.56 Å². The summed E-state index contributed by atoms with van der Waals surface area (Å²) in [5, 5.41) is 0. The molecule has 2 aromatic carbocycles. The zero-order valence-electron chi connectivity index (χ0n) is 10.3. The van der Waals surface area contributed by atoms with Gasteiger partial charge in [0.05, 0.1) is 0 Å². The van der Waals surface area contributed by atoms with E-state index < -0.39 is 0 Å². The van der Waals surface area contributed by atoms with Crippen molar-refractivity contribution in [3.05, 3.63) is 71.8 Å². The van der Waals surface area contributed by atoms with Gasteiger partial charge in [-0.25, -0.2) is 4.99 Å². The van der Waals surface area contributed by atoms with Crippen LogP contribution in [0.3, 0.4) is 0 Å². The van der Waals surface area contributed by atoms with Crippen LogP contribution in [0.15, 0.2) is 65.7 Å². The summed E-state index contributed by atoms with van der Waals surface area (Å²) < 4.78 is 5.86. The van der Waals surface area contributed by atoms with Crippen molar-refractivity contribution in [1.29, 1.82) is 0 Å². The molecule has 1 aliphatic rings. The summed E-state index contributed by atoms with van der Waals surface area (Å²) in [7, 11) is 0. The van der Waals surface area contributed by atoms with Gasteiger partial charge in [0.15, 0.2) is 0 Å². The van der Waals surface area contributed by atoms with Gasteiger partial charge in [-0.2, -0.15) is 0 Å². The third-order valence-electron chi connectivity index (χ3n) is 3.16. The minimum atomic E-state index is 0.0857. The van der Waals surface area contributed by atoms with E-state index in [9.17, 15) is 0 Å². The minimum absolute atomic E-state index is 0.0857. The summed E-state index contributed by atoms with van der Waals surface area (Å²) in [6.45, 7) is 2.07. The molecule has 0 aromatic heterocycles. The number of rotatable bonds is 2. The maximum atomic E-state index is 5.86. The largest absolute Gasteiger partial charge is 0.472 e. The van der Waals surface area contributed by atoms with Crippen molar-refractivity contribution in [2.75, 3.05) is 0 Å². The first-order chi connectivity index (χ1) is 8.84. The molecule has 1 heterocycles. The van der Waals surface area contributed by atoms with E-state index in [1.807, 2.05) is 48.5 Å². The molecule has 2 aromatic rings. The van der Waals surface area contributed by atoms with Crippen LogP contribution in [0.2, 0.25) is 0 Å². The van der Waals surface area contributed by atoms with Gasteiger partial charge in [0.25, 0.3) is 0 Å². The van der Waals surface area contributed by atoms with Crippen LogP contribution in [0.5, 0.6) is 0 Å². The highest BCUT2D eigenvalue weighted by molar-refractivity contribution is 5.95. The van der Waals surface area contributed by atoms with Crippen molar-refractivity contribution < 1.29 is 4.74 Å². The number of hydrogen-bond acceptors (Lipinski definition) is 2. The average molecular weight is 237 g/mol. The molecule has 0 saturated heterocycles. The fourth-order valence-electron chi connectivity index (χ4n) is 2.22. The fraction of sp³-hybridized carbons (Fsp3) is 0.188. The summed E-state index contributed by atoms with van der Waals surface area (Å²) in [5.41, 5.74) is 2.25. The molecule has 2 nitrogen and oxygen atoms in total. The van der Waals surface area contributed by atoms with Gasteiger partial charge in [0, 0.05) is 5.56 Å². The molecule has 0 saturated carbocycles. The molecule has 0 bridgehead atoms. The molecule has 0 amide bonds. The number of hydrogen-bond donors (Lipinski definition) is 0. The van der Waals surface area contributed by atoms with E-state index >= 15 is 0 Å². The molecular formula is C16H15NO. The van der Waals surface area contributed by atoms with Crippen molar-refractivity contribution in [2.24, 2.45) is 4.99 Å². The Balaban J connectivity index is 1.92. The molecule has 0 aliphatic carbocycles. The highest BCUT2D eigenvalue weighted by atomic mass is 16.5. The topological polar surface area (TPSA) is 21.6 Å². The molecule has 0 radical (unpaired) electrons. The van der Waals surface area contributed by atoms with Gasteiger partial charge in [-0.15, -0.1) is 0 Å². The lowest BCUT2D eigenvalue weighted by Gasteiger charge is -2.12. The first-order valence-electron chi connectivity index (χ1n) is 6.19. The van der Waals surface area contributed by atoms with Crippen LogP contribution in [-0.2, 0) is 4.74 Å². The summed E-state index contributed by atoms with van der Waals surface area (Å²) in [6, 6.07) is 20.5.